The second kappa shape index (κ2) is 5.88. The second-order valence-corrected chi connectivity index (χ2v) is 6.43. The molecule has 0 unspecified atom stereocenters. The highest BCUT2D eigenvalue weighted by atomic mass is 32.1. The summed E-state index contributed by atoms with van der Waals surface area (Å²) < 4.78 is 0.788. The Balaban J connectivity index is 2.03. The predicted octanol–water partition coefficient (Wildman–Crippen LogP) is 2.78. The molecule has 0 saturated carbocycles. The van der Waals surface area contributed by atoms with Crippen LogP contribution in [0.15, 0.2) is 29.0 Å². The maximum absolute atomic E-state index is 12.6. The van der Waals surface area contributed by atoms with Crippen LogP contribution in [0.1, 0.15) is 22.3 Å². The SMILES string of the molecule is C[C@H](O)CNc1nc(C(=O)c2cccs2)c2sccc2n1. The Labute approximate surface area is 129 Å². The van der Waals surface area contributed by atoms with Crippen LogP contribution in [0.5, 0.6) is 0 Å². The zero-order chi connectivity index (χ0) is 14.8. The van der Waals surface area contributed by atoms with Gasteiger partial charge in [-0.1, -0.05) is 6.07 Å². The van der Waals surface area contributed by atoms with E-state index in [-0.39, 0.29) is 5.78 Å². The van der Waals surface area contributed by atoms with Crippen molar-refractivity contribution in [3.8, 4) is 0 Å². The van der Waals surface area contributed by atoms with Crippen LogP contribution < -0.4 is 5.32 Å². The first kappa shape index (κ1) is 14.1. The van der Waals surface area contributed by atoms with Crippen molar-refractivity contribution in [1.29, 1.82) is 0 Å². The molecule has 3 rings (SSSR count). The summed E-state index contributed by atoms with van der Waals surface area (Å²) in [6, 6.07) is 5.50. The van der Waals surface area contributed by atoms with Crippen molar-refractivity contribution in [3.05, 3.63) is 39.5 Å². The van der Waals surface area contributed by atoms with Crippen LogP contribution in [0, 0.1) is 0 Å². The molecule has 0 aromatic carbocycles. The van der Waals surface area contributed by atoms with E-state index in [2.05, 4.69) is 15.3 Å². The van der Waals surface area contributed by atoms with E-state index >= 15 is 0 Å². The van der Waals surface area contributed by atoms with Crippen molar-refractivity contribution >= 4 is 44.6 Å². The van der Waals surface area contributed by atoms with Gasteiger partial charge < -0.3 is 10.4 Å². The average molecular weight is 319 g/mol. The van der Waals surface area contributed by atoms with Gasteiger partial charge in [-0.15, -0.1) is 22.7 Å². The molecule has 7 heteroatoms. The number of aliphatic hydroxyl groups is 1. The number of aliphatic hydroxyl groups excluding tert-OH is 1. The molecule has 3 aromatic heterocycles. The van der Waals surface area contributed by atoms with Crippen LogP contribution in [0.3, 0.4) is 0 Å². The summed E-state index contributed by atoms with van der Waals surface area (Å²) in [5.41, 5.74) is 1.15. The fourth-order valence-corrected chi connectivity index (χ4v) is 3.34. The Hall–Kier alpha value is -1.83. The summed E-state index contributed by atoms with van der Waals surface area (Å²) in [7, 11) is 0. The van der Waals surface area contributed by atoms with E-state index in [0.717, 1.165) is 10.2 Å². The number of fused-ring (bicyclic) bond motifs is 1. The van der Waals surface area contributed by atoms with Crippen molar-refractivity contribution in [2.75, 3.05) is 11.9 Å². The van der Waals surface area contributed by atoms with Crippen LogP contribution in [0.4, 0.5) is 5.95 Å². The van der Waals surface area contributed by atoms with Gasteiger partial charge >= 0.3 is 0 Å². The van der Waals surface area contributed by atoms with Crippen molar-refractivity contribution in [2.45, 2.75) is 13.0 Å². The lowest BCUT2D eigenvalue weighted by Crippen LogP contribution is -2.17. The van der Waals surface area contributed by atoms with E-state index in [4.69, 9.17) is 0 Å². The normalized spacial score (nSPS) is 12.5. The number of hydrogen-bond acceptors (Lipinski definition) is 7. The summed E-state index contributed by atoms with van der Waals surface area (Å²) >= 11 is 2.85. The third-order valence-corrected chi connectivity index (χ3v) is 4.60. The zero-order valence-electron chi connectivity index (χ0n) is 11.2. The molecule has 0 fully saturated rings. The number of rotatable bonds is 5. The largest absolute Gasteiger partial charge is 0.392 e. The second-order valence-electron chi connectivity index (χ2n) is 4.57. The summed E-state index contributed by atoms with van der Waals surface area (Å²) in [4.78, 5) is 21.9. The molecule has 0 amide bonds. The predicted molar refractivity (Wildman–Crippen MR) is 85.3 cm³/mol. The number of ketones is 1. The molecule has 108 valence electrons. The minimum atomic E-state index is -0.511. The third-order valence-electron chi connectivity index (χ3n) is 2.82. The summed E-state index contributed by atoms with van der Waals surface area (Å²) in [5, 5.41) is 16.0. The quantitative estimate of drug-likeness (QED) is 0.707. The molecule has 0 spiro atoms. The topological polar surface area (TPSA) is 75.1 Å². The fourth-order valence-electron chi connectivity index (χ4n) is 1.86. The van der Waals surface area contributed by atoms with Gasteiger partial charge in [-0.2, -0.15) is 0 Å². The van der Waals surface area contributed by atoms with Crippen LogP contribution in [-0.2, 0) is 0 Å². The van der Waals surface area contributed by atoms with Gasteiger partial charge in [0.2, 0.25) is 11.7 Å². The lowest BCUT2D eigenvalue weighted by molar-refractivity contribution is 0.104. The number of nitrogens with zero attached hydrogens (tertiary/aromatic N) is 2. The number of carbonyl (C=O) groups is 1. The molecule has 0 saturated heterocycles. The maximum atomic E-state index is 12.6. The molecule has 3 heterocycles. The number of nitrogens with one attached hydrogen (secondary N) is 1. The Morgan fingerprint density at radius 1 is 1.33 bits per heavy atom. The van der Waals surface area contributed by atoms with E-state index in [1.165, 1.54) is 22.7 Å². The molecule has 2 N–H and O–H groups in total. The van der Waals surface area contributed by atoms with Crippen molar-refractivity contribution in [2.24, 2.45) is 0 Å². The summed E-state index contributed by atoms with van der Waals surface area (Å²) in [5.74, 6) is 0.265. The van der Waals surface area contributed by atoms with E-state index in [1.807, 2.05) is 22.9 Å². The van der Waals surface area contributed by atoms with Gasteiger partial charge in [0, 0.05) is 6.54 Å². The standard InChI is InChI=1S/C14H13N3O2S2/c1-8(18)7-15-14-16-9-4-6-21-13(9)11(17-14)12(19)10-3-2-5-20-10/h2-6,8,18H,7H2,1H3,(H,15,16,17)/t8-/m0/s1. The average Bonchev–Trinajstić information content (AvgIpc) is 3.14. The van der Waals surface area contributed by atoms with Gasteiger partial charge in [0.05, 0.1) is 21.2 Å². The van der Waals surface area contributed by atoms with Crippen molar-refractivity contribution < 1.29 is 9.90 Å². The minimum Gasteiger partial charge on any atom is -0.392 e. The van der Waals surface area contributed by atoms with Gasteiger partial charge in [-0.25, -0.2) is 9.97 Å². The van der Waals surface area contributed by atoms with Crippen LogP contribution >= 0.6 is 22.7 Å². The van der Waals surface area contributed by atoms with Crippen LogP contribution in [-0.4, -0.2) is 33.5 Å². The third kappa shape index (κ3) is 2.94. The van der Waals surface area contributed by atoms with Gasteiger partial charge in [0.25, 0.3) is 0 Å². The molecular weight excluding hydrogens is 306 g/mol. The van der Waals surface area contributed by atoms with E-state index in [9.17, 15) is 9.90 Å². The smallest absolute Gasteiger partial charge is 0.224 e. The lowest BCUT2D eigenvalue weighted by atomic mass is 10.2. The van der Waals surface area contributed by atoms with Crippen LogP contribution in [0.2, 0.25) is 0 Å². The van der Waals surface area contributed by atoms with Gasteiger partial charge in [-0.05, 0) is 29.8 Å². The first-order chi connectivity index (χ1) is 10.1. The highest BCUT2D eigenvalue weighted by Crippen LogP contribution is 2.26. The molecule has 0 aliphatic heterocycles. The monoisotopic (exact) mass is 319 g/mol. The van der Waals surface area contributed by atoms with E-state index in [0.29, 0.717) is 23.1 Å². The minimum absolute atomic E-state index is 0.0973. The molecule has 3 aromatic rings. The number of carbonyl (C=O) groups excluding carboxylic acids is 1. The van der Waals surface area contributed by atoms with E-state index in [1.54, 1.807) is 13.0 Å². The lowest BCUT2D eigenvalue weighted by Gasteiger charge is -2.08. The Bertz CT molecular complexity index is 766. The van der Waals surface area contributed by atoms with Crippen LogP contribution in [0.25, 0.3) is 10.2 Å². The van der Waals surface area contributed by atoms with E-state index < -0.39 is 6.10 Å². The fraction of sp³-hybridized carbons (Fsp3) is 0.214. The highest BCUT2D eigenvalue weighted by molar-refractivity contribution is 7.17. The maximum Gasteiger partial charge on any atom is 0.224 e. The zero-order valence-corrected chi connectivity index (χ0v) is 12.9. The molecule has 21 heavy (non-hydrogen) atoms. The highest BCUT2D eigenvalue weighted by Gasteiger charge is 2.18. The molecule has 0 bridgehead atoms. The first-order valence-corrected chi connectivity index (χ1v) is 8.16. The first-order valence-electron chi connectivity index (χ1n) is 6.40. The molecule has 0 aliphatic rings. The Kier molecular flexibility index (Phi) is 3.96. The number of anilines is 1. The Morgan fingerprint density at radius 2 is 2.19 bits per heavy atom. The van der Waals surface area contributed by atoms with Gasteiger partial charge in [0.1, 0.15) is 5.69 Å². The number of aromatic nitrogens is 2. The number of hydrogen-bond donors (Lipinski definition) is 2. The summed E-state index contributed by atoms with van der Waals surface area (Å²) in [6.45, 7) is 2.01. The van der Waals surface area contributed by atoms with Gasteiger partial charge in [-0.3, -0.25) is 4.79 Å². The van der Waals surface area contributed by atoms with Gasteiger partial charge in [0.15, 0.2) is 0 Å². The molecule has 0 radical (unpaired) electrons. The van der Waals surface area contributed by atoms with Crippen molar-refractivity contribution in [1.82, 2.24) is 9.97 Å². The molecular formula is C14H13N3O2S2. The molecule has 0 aliphatic carbocycles. The summed E-state index contributed by atoms with van der Waals surface area (Å²) in [6.07, 6.45) is -0.511. The van der Waals surface area contributed by atoms with Crippen molar-refractivity contribution in [3.63, 3.8) is 0 Å². The number of thiophene rings is 2. The Morgan fingerprint density at radius 3 is 2.90 bits per heavy atom. The molecule has 5 nitrogen and oxygen atoms in total. The molecule has 1 atom stereocenters.